The van der Waals surface area contributed by atoms with E-state index < -0.39 is 37.3 Å². The van der Waals surface area contributed by atoms with E-state index in [1.165, 1.54) is 0 Å². The second-order valence-corrected chi connectivity index (χ2v) is 4.24. The Morgan fingerprint density at radius 1 is 1.26 bits per heavy atom. The lowest BCUT2D eigenvalue weighted by Crippen LogP contribution is -2.59. The van der Waals surface area contributed by atoms with Crippen LogP contribution in [0.1, 0.15) is 12.8 Å². The van der Waals surface area contributed by atoms with Gasteiger partial charge in [-0.15, -0.1) is 0 Å². The predicted molar refractivity (Wildman–Crippen MR) is 61.3 cm³/mol. The Morgan fingerprint density at radius 3 is 2.53 bits per heavy atom. The molecule has 1 heterocycles. The van der Waals surface area contributed by atoms with Crippen LogP contribution in [0.25, 0.3) is 0 Å². The number of rotatable bonds is 6. The highest BCUT2D eigenvalue weighted by atomic mass is 16.7. The number of nitrogens with one attached hydrogen (secondary N) is 1. The molecule has 0 aliphatic carbocycles. The third kappa shape index (κ3) is 4.35. The second kappa shape index (κ2) is 7.70. The molecule has 112 valence electrons. The van der Waals surface area contributed by atoms with Gasteiger partial charge in [0.1, 0.15) is 24.4 Å². The van der Waals surface area contributed by atoms with Crippen molar-refractivity contribution in [1.29, 1.82) is 0 Å². The summed E-state index contributed by atoms with van der Waals surface area (Å²) in [5.41, 5.74) is 1.96. The number of hydrogen-bond donors (Lipinski definition) is 6. The lowest BCUT2D eigenvalue weighted by atomic mass is 9.99. The first-order valence-electron chi connectivity index (χ1n) is 5.92. The van der Waals surface area contributed by atoms with Crippen molar-refractivity contribution >= 4 is 5.91 Å². The minimum absolute atomic E-state index is 0.0934. The van der Waals surface area contributed by atoms with Crippen molar-refractivity contribution in [2.45, 2.75) is 43.5 Å². The predicted octanol–water partition coefficient (Wildman–Crippen LogP) is -3.43. The van der Waals surface area contributed by atoms with Gasteiger partial charge in [0, 0.05) is 6.42 Å². The van der Waals surface area contributed by atoms with Gasteiger partial charge in [-0.3, -0.25) is 10.2 Å². The molecule has 0 radical (unpaired) electrons. The molecule has 5 atom stereocenters. The van der Waals surface area contributed by atoms with Crippen molar-refractivity contribution < 1.29 is 34.7 Å². The van der Waals surface area contributed by atoms with E-state index in [-0.39, 0.29) is 18.9 Å². The van der Waals surface area contributed by atoms with Crippen LogP contribution in [0.2, 0.25) is 0 Å². The van der Waals surface area contributed by atoms with Gasteiger partial charge in [-0.05, 0) is 6.42 Å². The smallest absolute Gasteiger partial charge is 0.233 e. The molecular weight excluding hydrogens is 260 g/mol. The Hall–Kier alpha value is -0.810. The van der Waals surface area contributed by atoms with E-state index in [2.05, 4.69) is 0 Å². The maximum Gasteiger partial charge on any atom is 0.233 e. The molecular formula is C10H20N2O7. The Kier molecular flexibility index (Phi) is 6.58. The molecule has 1 aliphatic rings. The van der Waals surface area contributed by atoms with Crippen molar-refractivity contribution in [3.05, 3.63) is 0 Å². The second-order valence-electron chi connectivity index (χ2n) is 4.24. The summed E-state index contributed by atoms with van der Waals surface area (Å²) in [5, 5.41) is 37.6. The highest BCUT2D eigenvalue weighted by Crippen LogP contribution is 2.21. The first-order valence-corrected chi connectivity index (χ1v) is 5.92. The van der Waals surface area contributed by atoms with E-state index in [0.717, 1.165) is 0 Å². The summed E-state index contributed by atoms with van der Waals surface area (Å²) in [6.45, 7) is -0.420. The minimum atomic E-state index is -1.47. The maximum atomic E-state index is 10.8. The van der Waals surface area contributed by atoms with Crippen molar-refractivity contribution in [2.75, 3.05) is 13.2 Å². The third-order valence-electron chi connectivity index (χ3n) is 2.84. The topological polar surface area (TPSA) is 154 Å². The Labute approximate surface area is 109 Å². The molecule has 0 spiro atoms. The van der Waals surface area contributed by atoms with Crippen LogP contribution in [-0.2, 0) is 14.3 Å². The molecule has 1 amide bonds. The zero-order chi connectivity index (χ0) is 14.4. The standard InChI is InChI=1S/C10H20N2O7/c11-12-6(14)2-1-3-18-10-9(17)8(16)7(15)5(4-13)19-10/h5,7-10,13,15-17H,1-4,11H2,(H,12,14)/t5-,7+,8+,9-,10-/m1/s1. The first-order chi connectivity index (χ1) is 9.01. The van der Waals surface area contributed by atoms with Gasteiger partial charge in [-0.2, -0.15) is 0 Å². The van der Waals surface area contributed by atoms with Crippen LogP contribution >= 0.6 is 0 Å². The van der Waals surface area contributed by atoms with Crippen LogP contribution < -0.4 is 11.3 Å². The third-order valence-corrected chi connectivity index (χ3v) is 2.84. The Bertz CT molecular complexity index is 289. The number of aliphatic hydroxyl groups excluding tert-OH is 4. The molecule has 7 N–H and O–H groups in total. The molecule has 0 aromatic carbocycles. The lowest BCUT2D eigenvalue weighted by molar-refractivity contribution is -0.301. The van der Waals surface area contributed by atoms with Gasteiger partial charge in [0.2, 0.25) is 5.91 Å². The number of hydrazine groups is 1. The fraction of sp³-hybridized carbons (Fsp3) is 0.900. The van der Waals surface area contributed by atoms with Crippen LogP contribution in [0.15, 0.2) is 0 Å². The molecule has 19 heavy (non-hydrogen) atoms. The molecule has 0 aromatic rings. The van der Waals surface area contributed by atoms with Crippen LogP contribution in [0.5, 0.6) is 0 Å². The summed E-state index contributed by atoms with van der Waals surface area (Å²) < 4.78 is 10.3. The van der Waals surface area contributed by atoms with E-state index in [1.807, 2.05) is 5.43 Å². The van der Waals surface area contributed by atoms with E-state index in [0.29, 0.717) is 6.42 Å². The molecule has 0 saturated carbocycles. The van der Waals surface area contributed by atoms with Gasteiger partial charge in [-0.25, -0.2) is 5.84 Å². The highest BCUT2D eigenvalue weighted by molar-refractivity contribution is 5.75. The summed E-state index contributed by atoms with van der Waals surface area (Å²) in [5.74, 6) is 4.55. The number of carbonyl (C=O) groups is 1. The molecule has 1 aliphatic heterocycles. The van der Waals surface area contributed by atoms with Crippen LogP contribution in [0.4, 0.5) is 0 Å². The summed E-state index contributed by atoms with van der Waals surface area (Å²) in [7, 11) is 0. The van der Waals surface area contributed by atoms with Crippen molar-refractivity contribution in [3.63, 3.8) is 0 Å². The number of carbonyl (C=O) groups excluding carboxylic acids is 1. The summed E-state index contributed by atoms with van der Waals surface area (Å²) in [6, 6.07) is 0. The van der Waals surface area contributed by atoms with Gasteiger partial charge >= 0.3 is 0 Å². The van der Waals surface area contributed by atoms with Crippen molar-refractivity contribution in [2.24, 2.45) is 5.84 Å². The fourth-order valence-corrected chi connectivity index (χ4v) is 1.71. The number of hydrogen-bond acceptors (Lipinski definition) is 8. The molecule has 9 nitrogen and oxygen atoms in total. The number of amides is 1. The molecule has 0 aromatic heterocycles. The molecule has 9 heteroatoms. The molecule has 1 saturated heterocycles. The average molecular weight is 280 g/mol. The van der Waals surface area contributed by atoms with Gasteiger partial charge in [0.25, 0.3) is 0 Å². The molecule has 1 rings (SSSR count). The highest BCUT2D eigenvalue weighted by Gasteiger charge is 2.43. The summed E-state index contributed by atoms with van der Waals surface area (Å²) >= 11 is 0. The summed E-state index contributed by atoms with van der Waals surface area (Å²) in [4.78, 5) is 10.8. The zero-order valence-electron chi connectivity index (χ0n) is 10.3. The zero-order valence-corrected chi connectivity index (χ0v) is 10.3. The van der Waals surface area contributed by atoms with Crippen LogP contribution in [0, 0.1) is 0 Å². The van der Waals surface area contributed by atoms with E-state index in [4.69, 9.17) is 20.4 Å². The van der Waals surface area contributed by atoms with Gasteiger partial charge in [0.15, 0.2) is 6.29 Å². The number of aliphatic hydroxyl groups is 4. The first kappa shape index (κ1) is 16.2. The normalized spacial score (nSPS) is 35.1. The molecule has 0 bridgehead atoms. The Balaban J connectivity index is 2.37. The molecule has 0 unspecified atom stereocenters. The summed E-state index contributed by atoms with van der Waals surface area (Å²) in [6.07, 6.45) is -5.99. The monoisotopic (exact) mass is 280 g/mol. The van der Waals surface area contributed by atoms with E-state index in [9.17, 15) is 20.1 Å². The van der Waals surface area contributed by atoms with Gasteiger partial charge < -0.3 is 29.9 Å². The van der Waals surface area contributed by atoms with Crippen LogP contribution in [0.3, 0.4) is 0 Å². The Morgan fingerprint density at radius 2 is 1.95 bits per heavy atom. The largest absolute Gasteiger partial charge is 0.394 e. The fourth-order valence-electron chi connectivity index (χ4n) is 1.71. The van der Waals surface area contributed by atoms with E-state index in [1.54, 1.807) is 0 Å². The van der Waals surface area contributed by atoms with Gasteiger partial charge in [-0.1, -0.05) is 0 Å². The van der Waals surface area contributed by atoms with Crippen molar-refractivity contribution in [1.82, 2.24) is 5.43 Å². The van der Waals surface area contributed by atoms with Gasteiger partial charge in [0.05, 0.1) is 13.2 Å². The lowest BCUT2D eigenvalue weighted by Gasteiger charge is -2.39. The quantitative estimate of drug-likeness (QED) is 0.127. The maximum absolute atomic E-state index is 10.8. The van der Waals surface area contributed by atoms with Crippen molar-refractivity contribution in [3.8, 4) is 0 Å². The van der Waals surface area contributed by atoms with Crippen LogP contribution in [-0.4, -0.2) is 70.3 Å². The average Bonchev–Trinajstić information content (AvgIpc) is 2.42. The van der Waals surface area contributed by atoms with E-state index >= 15 is 0 Å². The SMILES string of the molecule is NNC(=O)CCCO[C@@H]1O[C@H](CO)[C@H](O)[C@H](O)[C@H]1O. The minimum Gasteiger partial charge on any atom is -0.394 e. The number of nitrogens with two attached hydrogens (primary N) is 1. The molecule has 1 fully saturated rings. The number of ether oxygens (including phenoxy) is 2.